The lowest BCUT2D eigenvalue weighted by atomic mass is 9.64. The summed E-state index contributed by atoms with van der Waals surface area (Å²) in [5.74, 6) is 0.707. The Balaban J connectivity index is 2.08. The van der Waals surface area contributed by atoms with Gasteiger partial charge < -0.3 is 14.6 Å². The van der Waals surface area contributed by atoms with Crippen molar-refractivity contribution in [2.75, 3.05) is 13.2 Å². The standard InChI is InChI=1S/C14H16O4/c1-9-7-10(14(13(15)16)3-2-4-14)8-11-12(9)18-6-5-17-11/h7-8H,2-6H2,1H3,(H,15,16). The van der Waals surface area contributed by atoms with Crippen LogP contribution in [-0.4, -0.2) is 24.3 Å². The van der Waals surface area contributed by atoms with Crippen LogP contribution in [0.1, 0.15) is 30.4 Å². The predicted octanol–water partition coefficient (Wildman–Crippen LogP) is 2.27. The molecule has 18 heavy (non-hydrogen) atoms. The first-order valence-corrected chi connectivity index (χ1v) is 6.28. The van der Waals surface area contributed by atoms with E-state index in [1.165, 1.54) is 0 Å². The second kappa shape index (κ2) is 3.90. The van der Waals surface area contributed by atoms with Gasteiger partial charge in [0, 0.05) is 0 Å². The summed E-state index contributed by atoms with van der Waals surface area (Å²) in [5.41, 5.74) is 1.10. The van der Waals surface area contributed by atoms with Gasteiger partial charge in [-0.3, -0.25) is 4.79 Å². The molecule has 1 N–H and O–H groups in total. The van der Waals surface area contributed by atoms with Crippen LogP contribution in [0, 0.1) is 6.92 Å². The molecule has 3 rings (SSSR count). The van der Waals surface area contributed by atoms with Gasteiger partial charge in [0.05, 0.1) is 5.41 Å². The summed E-state index contributed by atoms with van der Waals surface area (Å²) in [6.45, 7) is 3.01. The SMILES string of the molecule is Cc1cc(C2(C(=O)O)CCC2)cc2c1OCCO2. The molecule has 1 aliphatic carbocycles. The van der Waals surface area contributed by atoms with E-state index >= 15 is 0 Å². The van der Waals surface area contributed by atoms with Crippen molar-refractivity contribution >= 4 is 5.97 Å². The molecule has 0 bridgehead atoms. The van der Waals surface area contributed by atoms with Crippen molar-refractivity contribution in [3.63, 3.8) is 0 Å². The minimum Gasteiger partial charge on any atom is -0.486 e. The van der Waals surface area contributed by atoms with Crippen molar-refractivity contribution in [2.24, 2.45) is 0 Å². The molecule has 1 saturated carbocycles. The van der Waals surface area contributed by atoms with Crippen molar-refractivity contribution < 1.29 is 19.4 Å². The smallest absolute Gasteiger partial charge is 0.314 e. The lowest BCUT2D eigenvalue weighted by Crippen LogP contribution is -2.42. The van der Waals surface area contributed by atoms with Gasteiger partial charge in [-0.2, -0.15) is 0 Å². The second-order valence-corrected chi connectivity index (χ2v) is 5.06. The Morgan fingerprint density at radius 2 is 2.00 bits per heavy atom. The van der Waals surface area contributed by atoms with Gasteiger partial charge in [0.2, 0.25) is 0 Å². The van der Waals surface area contributed by atoms with Crippen LogP contribution in [0.5, 0.6) is 11.5 Å². The maximum Gasteiger partial charge on any atom is 0.314 e. The number of aryl methyl sites for hydroxylation is 1. The van der Waals surface area contributed by atoms with Crippen molar-refractivity contribution in [3.05, 3.63) is 23.3 Å². The molecule has 0 saturated heterocycles. The number of carboxylic acids is 1. The van der Waals surface area contributed by atoms with Gasteiger partial charge in [0.1, 0.15) is 13.2 Å². The van der Waals surface area contributed by atoms with Gasteiger partial charge >= 0.3 is 5.97 Å². The topological polar surface area (TPSA) is 55.8 Å². The molecule has 0 spiro atoms. The third-order valence-corrected chi connectivity index (χ3v) is 4.00. The number of hydrogen-bond donors (Lipinski definition) is 1. The van der Waals surface area contributed by atoms with Crippen molar-refractivity contribution in [3.8, 4) is 11.5 Å². The molecule has 1 aromatic carbocycles. The summed E-state index contributed by atoms with van der Waals surface area (Å²) in [5, 5.41) is 9.46. The first-order valence-electron chi connectivity index (χ1n) is 6.28. The zero-order chi connectivity index (χ0) is 12.8. The van der Waals surface area contributed by atoms with E-state index in [9.17, 15) is 9.90 Å². The number of fused-ring (bicyclic) bond motifs is 1. The van der Waals surface area contributed by atoms with E-state index in [2.05, 4.69) is 0 Å². The number of ether oxygens (including phenoxy) is 2. The van der Waals surface area contributed by atoms with Crippen molar-refractivity contribution in [1.82, 2.24) is 0 Å². The largest absolute Gasteiger partial charge is 0.486 e. The minimum atomic E-state index is -0.732. The number of hydrogen-bond acceptors (Lipinski definition) is 3. The zero-order valence-corrected chi connectivity index (χ0v) is 10.4. The van der Waals surface area contributed by atoms with Gasteiger partial charge in [0.25, 0.3) is 0 Å². The summed E-state index contributed by atoms with van der Waals surface area (Å²) in [6, 6.07) is 3.77. The average Bonchev–Trinajstić information content (AvgIpc) is 2.27. The van der Waals surface area contributed by atoms with Gasteiger partial charge in [-0.15, -0.1) is 0 Å². The van der Waals surface area contributed by atoms with Crippen molar-refractivity contribution in [1.29, 1.82) is 0 Å². The fourth-order valence-corrected chi connectivity index (χ4v) is 2.76. The van der Waals surface area contributed by atoms with Gasteiger partial charge in [0.15, 0.2) is 11.5 Å². The van der Waals surface area contributed by atoms with Crippen LogP contribution in [0.25, 0.3) is 0 Å². The molecule has 0 radical (unpaired) electrons. The van der Waals surface area contributed by atoms with Crippen LogP contribution in [0.4, 0.5) is 0 Å². The Morgan fingerprint density at radius 1 is 1.28 bits per heavy atom. The fraction of sp³-hybridized carbons (Fsp3) is 0.500. The summed E-state index contributed by atoms with van der Waals surface area (Å²) >= 11 is 0. The first kappa shape index (κ1) is 11.4. The third-order valence-electron chi connectivity index (χ3n) is 4.00. The highest BCUT2D eigenvalue weighted by molar-refractivity contribution is 5.83. The summed E-state index contributed by atoms with van der Waals surface area (Å²) in [6.07, 6.45) is 2.39. The van der Waals surface area contributed by atoms with Crippen molar-refractivity contribution in [2.45, 2.75) is 31.6 Å². The lowest BCUT2D eigenvalue weighted by Gasteiger charge is -2.38. The molecule has 2 aliphatic rings. The molecule has 0 atom stereocenters. The van der Waals surface area contributed by atoms with Crippen LogP contribution in [-0.2, 0) is 10.2 Å². The normalized spacial score (nSPS) is 20.1. The Hall–Kier alpha value is -1.71. The van der Waals surface area contributed by atoms with Gasteiger partial charge in [-0.25, -0.2) is 0 Å². The Morgan fingerprint density at radius 3 is 2.61 bits per heavy atom. The maximum absolute atomic E-state index is 11.5. The molecule has 1 aromatic rings. The number of rotatable bonds is 2. The minimum absolute atomic E-state index is 0.524. The number of carbonyl (C=O) groups is 1. The Labute approximate surface area is 106 Å². The van der Waals surface area contributed by atoms with Crippen LogP contribution < -0.4 is 9.47 Å². The maximum atomic E-state index is 11.5. The van der Waals surface area contributed by atoms with Gasteiger partial charge in [-0.05, 0) is 37.0 Å². The summed E-state index contributed by atoms with van der Waals surface area (Å²) < 4.78 is 11.1. The zero-order valence-electron chi connectivity index (χ0n) is 10.4. The van der Waals surface area contributed by atoms with E-state index < -0.39 is 11.4 Å². The van der Waals surface area contributed by atoms with Crippen LogP contribution >= 0.6 is 0 Å². The molecule has 0 unspecified atom stereocenters. The molecule has 4 heteroatoms. The molecule has 1 heterocycles. The number of benzene rings is 1. The van der Waals surface area contributed by atoms with E-state index in [0.29, 0.717) is 31.8 Å². The molecule has 0 aromatic heterocycles. The quantitative estimate of drug-likeness (QED) is 0.872. The molecule has 1 fully saturated rings. The highest BCUT2D eigenvalue weighted by atomic mass is 16.6. The highest BCUT2D eigenvalue weighted by Gasteiger charge is 2.46. The summed E-state index contributed by atoms with van der Waals surface area (Å²) in [4.78, 5) is 11.5. The summed E-state index contributed by atoms with van der Waals surface area (Å²) in [7, 11) is 0. The van der Waals surface area contributed by atoms with Gasteiger partial charge in [-0.1, -0.05) is 12.5 Å². The highest BCUT2D eigenvalue weighted by Crippen LogP contribution is 2.47. The van der Waals surface area contributed by atoms with E-state index in [1.807, 2.05) is 19.1 Å². The first-order chi connectivity index (χ1) is 8.63. The molecule has 96 valence electrons. The van der Waals surface area contributed by atoms with Crippen LogP contribution in [0.3, 0.4) is 0 Å². The second-order valence-electron chi connectivity index (χ2n) is 5.06. The average molecular weight is 248 g/mol. The predicted molar refractivity (Wildman–Crippen MR) is 65.3 cm³/mol. The Bertz CT molecular complexity index is 503. The Kier molecular flexibility index (Phi) is 2.47. The third kappa shape index (κ3) is 1.48. The van der Waals surface area contributed by atoms with E-state index in [4.69, 9.17) is 9.47 Å². The van der Waals surface area contributed by atoms with Crippen LogP contribution in [0.15, 0.2) is 12.1 Å². The number of carboxylic acid groups (broad SMARTS) is 1. The molecular weight excluding hydrogens is 232 g/mol. The van der Waals surface area contributed by atoms with E-state index in [0.717, 1.165) is 23.3 Å². The van der Waals surface area contributed by atoms with E-state index in [-0.39, 0.29) is 0 Å². The van der Waals surface area contributed by atoms with E-state index in [1.54, 1.807) is 0 Å². The molecule has 1 aliphatic heterocycles. The fourth-order valence-electron chi connectivity index (χ4n) is 2.76. The number of aliphatic carboxylic acids is 1. The molecule has 0 amide bonds. The van der Waals surface area contributed by atoms with Crippen LogP contribution in [0.2, 0.25) is 0 Å². The molecular formula is C14H16O4. The monoisotopic (exact) mass is 248 g/mol. The lowest BCUT2D eigenvalue weighted by molar-refractivity contribution is -0.147. The molecule has 4 nitrogen and oxygen atoms in total.